The number of carbonyl (C=O) groups excluding carboxylic acids is 1. The predicted molar refractivity (Wildman–Crippen MR) is 83.2 cm³/mol. The Hall–Kier alpha value is -0.940. The number of rotatable bonds is 4. The lowest BCUT2D eigenvalue weighted by Crippen LogP contribution is -2.46. The molecule has 20 heavy (non-hydrogen) atoms. The minimum Gasteiger partial charge on any atom is -0.342 e. The lowest BCUT2D eigenvalue weighted by Gasteiger charge is -2.33. The predicted octanol–water partition coefficient (Wildman–Crippen LogP) is 2.58. The summed E-state index contributed by atoms with van der Waals surface area (Å²) >= 11 is 3.38. The highest BCUT2D eigenvalue weighted by atomic mass is 79.9. The van der Waals surface area contributed by atoms with Gasteiger partial charge >= 0.3 is 0 Å². The number of nitrogens with one attached hydrogen (secondary N) is 1. The van der Waals surface area contributed by atoms with Crippen LogP contribution in [0.25, 0.3) is 0 Å². The molecular formula is C15H22BrN3O. The zero-order chi connectivity index (χ0) is 14.5. The first-order valence-electron chi connectivity index (χ1n) is 7.20. The highest BCUT2D eigenvalue weighted by Gasteiger charge is 2.23. The van der Waals surface area contributed by atoms with Gasteiger partial charge in [0.25, 0.3) is 0 Å². The van der Waals surface area contributed by atoms with E-state index in [0.717, 1.165) is 42.8 Å². The SMILES string of the molecule is CC(C)C(=O)N1CCC(NCc2cccc(Br)n2)CC1. The van der Waals surface area contributed by atoms with Gasteiger partial charge in [0, 0.05) is 31.6 Å². The number of hydrogen-bond donors (Lipinski definition) is 1. The summed E-state index contributed by atoms with van der Waals surface area (Å²) < 4.78 is 0.870. The normalized spacial score (nSPS) is 16.7. The van der Waals surface area contributed by atoms with E-state index in [-0.39, 0.29) is 11.8 Å². The molecule has 0 aliphatic carbocycles. The highest BCUT2D eigenvalue weighted by Crippen LogP contribution is 2.14. The van der Waals surface area contributed by atoms with Crippen LogP contribution in [0.2, 0.25) is 0 Å². The van der Waals surface area contributed by atoms with E-state index in [9.17, 15) is 4.79 Å². The molecule has 1 amide bonds. The molecule has 0 bridgehead atoms. The van der Waals surface area contributed by atoms with Crippen LogP contribution in [-0.4, -0.2) is 34.9 Å². The van der Waals surface area contributed by atoms with E-state index in [1.54, 1.807) is 0 Å². The zero-order valence-corrected chi connectivity index (χ0v) is 13.7. The second kappa shape index (κ2) is 7.18. The number of hydrogen-bond acceptors (Lipinski definition) is 3. The van der Waals surface area contributed by atoms with Crippen LogP contribution < -0.4 is 5.32 Å². The van der Waals surface area contributed by atoms with Gasteiger partial charge in [0.15, 0.2) is 0 Å². The van der Waals surface area contributed by atoms with Crippen molar-refractivity contribution in [3.63, 3.8) is 0 Å². The van der Waals surface area contributed by atoms with Gasteiger partial charge in [-0.2, -0.15) is 0 Å². The number of likely N-dealkylation sites (tertiary alicyclic amines) is 1. The molecule has 110 valence electrons. The van der Waals surface area contributed by atoms with Crippen LogP contribution in [0.5, 0.6) is 0 Å². The first-order chi connectivity index (χ1) is 9.56. The average molecular weight is 340 g/mol. The molecule has 1 aliphatic heterocycles. The van der Waals surface area contributed by atoms with Crippen molar-refractivity contribution in [3.05, 3.63) is 28.5 Å². The van der Waals surface area contributed by atoms with Gasteiger partial charge in [-0.15, -0.1) is 0 Å². The van der Waals surface area contributed by atoms with E-state index in [4.69, 9.17) is 0 Å². The van der Waals surface area contributed by atoms with Crippen molar-refractivity contribution >= 4 is 21.8 Å². The number of carbonyl (C=O) groups is 1. The lowest BCUT2D eigenvalue weighted by atomic mass is 10.0. The largest absolute Gasteiger partial charge is 0.342 e. The molecule has 1 N–H and O–H groups in total. The van der Waals surface area contributed by atoms with Gasteiger partial charge in [0.1, 0.15) is 4.60 Å². The number of piperidine rings is 1. The fourth-order valence-corrected chi connectivity index (χ4v) is 2.85. The van der Waals surface area contributed by atoms with Gasteiger partial charge in [-0.1, -0.05) is 19.9 Å². The van der Waals surface area contributed by atoms with Crippen LogP contribution in [0.1, 0.15) is 32.4 Å². The smallest absolute Gasteiger partial charge is 0.225 e. The first-order valence-corrected chi connectivity index (χ1v) is 7.99. The number of pyridine rings is 1. The Kier molecular flexibility index (Phi) is 5.54. The molecule has 1 aromatic heterocycles. The summed E-state index contributed by atoms with van der Waals surface area (Å²) in [5.41, 5.74) is 1.04. The van der Waals surface area contributed by atoms with Crippen LogP contribution in [0, 0.1) is 5.92 Å². The van der Waals surface area contributed by atoms with Crippen molar-refractivity contribution < 1.29 is 4.79 Å². The van der Waals surface area contributed by atoms with Crippen molar-refractivity contribution in [1.82, 2.24) is 15.2 Å². The third-order valence-corrected chi connectivity index (χ3v) is 4.09. The molecule has 0 saturated carbocycles. The van der Waals surface area contributed by atoms with Crippen molar-refractivity contribution in [2.24, 2.45) is 5.92 Å². The molecule has 1 aromatic rings. The van der Waals surface area contributed by atoms with Gasteiger partial charge in [-0.3, -0.25) is 4.79 Å². The van der Waals surface area contributed by atoms with Gasteiger partial charge < -0.3 is 10.2 Å². The monoisotopic (exact) mass is 339 g/mol. The van der Waals surface area contributed by atoms with Crippen molar-refractivity contribution in [1.29, 1.82) is 0 Å². The van der Waals surface area contributed by atoms with E-state index in [1.807, 2.05) is 36.9 Å². The summed E-state index contributed by atoms with van der Waals surface area (Å²) in [6.07, 6.45) is 2.04. The molecule has 5 heteroatoms. The van der Waals surface area contributed by atoms with Gasteiger partial charge in [0.05, 0.1) is 5.69 Å². The maximum Gasteiger partial charge on any atom is 0.225 e. The van der Waals surface area contributed by atoms with Crippen LogP contribution in [0.3, 0.4) is 0 Å². The topological polar surface area (TPSA) is 45.2 Å². The second-order valence-electron chi connectivity index (χ2n) is 5.59. The molecule has 4 nitrogen and oxygen atoms in total. The van der Waals surface area contributed by atoms with E-state index in [1.165, 1.54) is 0 Å². The molecule has 0 unspecified atom stereocenters. The van der Waals surface area contributed by atoms with Crippen molar-refractivity contribution in [2.75, 3.05) is 13.1 Å². The summed E-state index contributed by atoms with van der Waals surface area (Å²) in [5.74, 6) is 0.377. The maximum atomic E-state index is 11.9. The molecular weight excluding hydrogens is 318 g/mol. The van der Waals surface area contributed by atoms with E-state index >= 15 is 0 Å². The number of amides is 1. The fraction of sp³-hybridized carbons (Fsp3) is 0.600. The summed E-state index contributed by atoms with van der Waals surface area (Å²) in [7, 11) is 0. The maximum absolute atomic E-state index is 11.9. The number of aromatic nitrogens is 1. The Morgan fingerprint density at radius 2 is 2.15 bits per heavy atom. The molecule has 0 aromatic carbocycles. The molecule has 2 rings (SSSR count). The average Bonchev–Trinajstić information content (AvgIpc) is 2.45. The number of nitrogens with zero attached hydrogens (tertiary/aromatic N) is 2. The van der Waals surface area contributed by atoms with Crippen molar-refractivity contribution in [3.8, 4) is 0 Å². The molecule has 0 radical (unpaired) electrons. The Morgan fingerprint density at radius 1 is 1.45 bits per heavy atom. The number of halogens is 1. The Balaban J connectivity index is 1.76. The summed E-state index contributed by atoms with van der Waals surface area (Å²) in [5, 5.41) is 3.53. The Bertz CT molecular complexity index is 456. The molecule has 1 aliphatic rings. The van der Waals surface area contributed by atoms with E-state index < -0.39 is 0 Å². The third kappa shape index (κ3) is 4.28. The molecule has 0 atom stereocenters. The van der Waals surface area contributed by atoms with Gasteiger partial charge in [-0.25, -0.2) is 4.98 Å². The minimum absolute atomic E-state index is 0.102. The highest BCUT2D eigenvalue weighted by molar-refractivity contribution is 9.10. The molecule has 1 fully saturated rings. The fourth-order valence-electron chi connectivity index (χ4n) is 2.47. The Labute approximate surface area is 129 Å². The van der Waals surface area contributed by atoms with Crippen LogP contribution in [-0.2, 0) is 11.3 Å². The van der Waals surface area contributed by atoms with Crippen LogP contribution in [0.4, 0.5) is 0 Å². The zero-order valence-electron chi connectivity index (χ0n) is 12.1. The van der Waals surface area contributed by atoms with Crippen LogP contribution >= 0.6 is 15.9 Å². The summed E-state index contributed by atoms with van der Waals surface area (Å²) in [6, 6.07) is 6.43. The minimum atomic E-state index is 0.102. The van der Waals surface area contributed by atoms with E-state index in [2.05, 4.69) is 26.2 Å². The molecule has 1 saturated heterocycles. The Morgan fingerprint density at radius 3 is 2.75 bits per heavy atom. The second-order valence-corrected chi connectivity index (χ2v) is 6.40. The molecule has 2 heterocycles. The van der Waals surface area contributed by atoms with Crippen molar-refractivity contribution in [2.45, 2.75) is 39.3 Å². The van der Waals surface area contributed by atoms with Gasteiger partial charge in [0.2, 0.25) is 5.91 Å². The summed E-state index contributed by atoms with van der Waals surface area (Å²) in [4.78, 5) is 18.3. The standard InChI is InChI=1S/C15H22BrN3O/c1-11(2)15(20)19-8-6-12(7-9-19)17-10-13-4-3-5-14(16)18-13/h3-5,11-12,17H,6-10H2,1-2H3. The van der Waals surface area contributed by atoms with E-state index in [0.29, 0.717) is 6.04 Å². The molecule has 0 spiro atoms. The third-order valence-electron chi connectivity index (χ3n) is 3.65. The lowest BCUT2D eigenvalue weighted by molar-refractivity contribution is -0.135. The first kappa shape index (κ1) is 15.4. The quantitative estimate of drug-likeness (QED) is 0.857. The van der Waals surface area contributed by atoms with Crippen LogP contribution in [0.15, 0.2) is 22.8 Å². The van der Waals surface area contributed by atoms with Gasteiger partial charge in [-0.05, 0) is 40.9 Å². The summed E-state index contributed by atoms with van der Waals surface area (Å²) in [6.45, 7) is 6.43.